The van der Waals surface area contributed by atoms with E-state index < -0.39 is 5.91 Å². The minimum atomic E-state index is -0.400. The van der Waals surface area contributed by atoms with Crippen LogP contribution in [-0.4, -0.2) is 12.1 Å². The van der Waals surface area contributed by atoms with Gasteiger partial charge in [-0.25, -0.2) is 5.43 Å². The first-order valence-corrected chi connectivity index (χ1v) is 7.76. The van der Waals surface area contributed by atoms with Crippen molar-refractivity contribution < 1.29 is 13.6 Å². The largest absolute Gasteiger partial charge is 0.465 e. The maximum Gasteiger partial charge on any atom is 0.307 e. The molecule has 0 atom stereocenters. The molecule has 0 aliphatic rings. The second kappa shape index (κ2) is 6.49. The number of benzene rings is 2. The van der Waals surface area contributed by atoms with Crippen LogP contribution >= 0.6 is 0 Å². The second-order valence-electron chi connectivity index (χ2n) is 5.40. The molecule has 0 saturated heterocycles. The Morgan fingerprint density at radius 3 is 2.84 bits per heavy atom. The summed E-state index contributed by atoms with van der Waals surface area (Å²) in [5.41, 5.74) is 3.11. The number of fused-ring (bicyclic) bond motifs is 3. The number of carbonyl (C=O) groups is 1. The lowest BCUT2D eigenvalue weighted by Gasteiger charge is -1.96. The zero-order chi connectivity index (χ0) is 17.1. The summed E-state index contributed by atoms with van der Waals surface area (Å²) in [5, 5.41) is 6.92. The number of carbonyl (C=O) groups excluding carboxylic acids is 1. The monoisotopic (exact) mass is 330 g/mol. The Bertz CT molecular complexity index is 1090. The number of hydrazone groups is 1. The van der Waals surface area contributed by atoms with Crippen molar-refractivity contribution in [3.63, 3.8) is 0 Å². The quantitative estimate of drug-likeness (QED) is 0.439. The van der Waals surface area contributed by atoms with Gasteiger partial charge in [-0.3, -0.25) is 4.79 Å². The SMILES string of the molecule is O=C(N/N=C\C=C\c1ccco1)c1cc2c(ccc3ccccc32)o1. The molecule has 5 nitrogen and oxygen atoms in total. The lowest BCUT2D eigenvalue weighted by Crippen LogP contribution is -2.16. The van der Waals surface area contributed by atoms with Gasteiger partial charge in [-0.1, -0.05) is 30.3 Å². The molecule has 2 aromatic heterocycles. The van der Waals surface area contributed by atoms with Gasteiger partial charge >= 0.3 is 5.91 Å². The van der Waals surface area contributed by atoms with Crippen LogP contribution in [0.2, 0.25) is 0 Å². The Morgan fingerprint density at radius 2 is 1.96 bits per heavy atom. The third-order valence-corrected chi connectivity index (χ3v) is 3.78. The Balaban J connectivity index is 1.51. The van der Waals surface area contributed by atoms with Crippen molar-refractivity contribution in [3.05, 3.63) is 78.5 Å². The summed E-state index contributed by atoms with van der Waals surface area (Å²) in [5.74, 6) is 0.531. The minimum absolute atomic E-state index is 0.221. The van der Waals surface area contributed by atoms with Crippen LogP contribution < -0.4 is 5.43 Å². The van der Waals surface area contributed by atoms with Crippen molar-refractivity contribution in [1.82, 2.24) is 5.43 Å². The van der Waals surface area contributed by atoms with Gasteiger partial charge in [0.1, 0.15) is 11.3 Å². The molecule has 25 heavy (non-hydrogen) atoms. The summed E-state index contributed by atoms with van der Waals surface area (Å²) < 4.78 is 10.8. The zero-order valence-electron chi connectivity index (χ0n) is 13.2. The highest BCUT2D eigenvalue weighted by atomic mass is 16.3. The van der Waals surface area contributed by atoms with Crippen LogP contribution in [0.15, 0.2) is 80.9 Å². The predicted molar refractivity (Wildman–Crippen MR) is 97.4 cm³/mol. The van der Waals surface area contributed by atoms with Crippen molar-refractivity contribution in [3.8, 4) is 0 Å². The van der Waals surface area contributed by atoms with E-state index in [1.165, 1.54) is 6.21 Å². The first kappa shape index (κ1) is 15.0. The van der Waals surface area contributed by atoms with Crippen LogP contribution in [0, 0.1) is 0 Å². The highest BCUT2D eigenvalue weighted by Gasteiger charge is 2.13. The van der Waals surface area contributed by atoms with Gasteiger partial charge in [-0.15, -0.1) is 0 Å². The van der Waals surface area contributed by atoms with Gasteiger partial charge in [-0.2, -0.15) is 5.10 Å². The zero-order valence-corrected chi connectivity index (χ0v) is 13.2. The molecule has 2 heterocycles. The number of rotatable bonds is 4. The van der Waals surface area contributed by atoms with E-state index >= 15 is 0 Å². The molecular weight excluding hydrogens is 316 g/mol. The number of amides is 1. The molecule has 0 saturated carbocycles. The third kappa shape index (κ3) is 3.07. The molecule has 4 aromatic rings. The van der Waals surface area contributed by atoms with Crippen LogP contribution in [0.1, 0.15) is 16.3 Å². The molecule has 5 heteroatoms. The van der Waals surface area contributed by atoms with Gasteiger partial charge < -0.3 is 8.83 Å². The molecule has 0 spiro atoms. The van der Waals surface area contributed by atoms with E-state index in [0.29, 0.717) is 11.3 Å². The molecule has 2 aromatic carbocycles. The Kier molecular flexibility index (Phi) is 3.88. The molecule has 0 fully saturated rings. The number of hydrogen-bond acceptors (Lipinski definition) is 4. The lowest BCUT2D eigenvalue weighted by atomic mass is 10.1. The van der Waals surface area contributed by atoms with Gasteiger partial charge in [0.15, 0.2) is 5.76 Å². The van der Waals surface area contributed by atoms with Crippen LogP contribution in [0.4, 0.5) is 0 Å². The molecule has 4 rings (SSSR count). The Labute approximate surface area is 143 Å². The lowest BCUT2D eigenvalue weighted by molar-refractivity contribution is 0.0929. The predicted octanol–water partition coefficient (Wildman–Crippen LogP) is 4.61. The standard InChI is InChI=1S/C20H14N2O3/c23-20(22-21-11-3-6-15-7-4-12-24-15)19-13-17-16-8-2-1-5-14(16)9-10-18(17)25-19/h1-13H,(H,22,23)/b6-3+,21-11-. The molecule has 0 bridgehead atoms. The van der Waals surface area contributed by atoms with Gasteiger partial charge in [0.2, 0.25) is 0 Å². The van der Waals surface area contributed by atoms with E-state index in [1.807, 2.05) is 42.5 Å². The van der Waals surface area contributed by atoms with Crippen molar-refractivity contribution in [1.29, 1.82) is 0 Å². The molecule has 0 unspecified atom stereocenters. The summed E-state index contributed by atoms with van der Waals surface area (Å²) >= 11 is 0. The highest BCUT2D eigenvalue weighted by Crippen LogP contribution is 2.28. The maximum absolute atomic E-state index is 12.2. The summed E-state index contributed by atoms with van der Waals surface area (Å²) in [7, 11) is 0. The molecule has 0 radical (unpaired) electrons. The van der Waals surface area contributed by atoms with E-state index in [1.54, 1.807) is 30.5 Å². The van der Waals surface area contributed by atoms with E-state index in [4.69, 9.17) is 8.83 Å². The van der Waals surface area contributed by atoms with E-state index in [2.05, 4.69) is 10.5 Å². The van der Waals surface area contributed by atoms with Gasteiger partial charge in [-0.05, 0) is 47.2 Å². The number of hydrogen-bond donors (Lipinski definition) is 1. The highest BCUT2D eigenvalue weighted by molar-refractivity contribution is 6.08. The molecule has 0 aliphatic heterocycles. The van der Waals surface area contributed by atoms with Gasteiger partial charge in [0, 0.05) is 11.6 Å². The normalized spacial score (nSPS) is 11.8. The van der Waals surface area contributed by atoms with Crippen LogP contribution in [0.25, 0.3) is 27.8 Å². The maximum atomic E-state index is 12.2. The fraction of sp³-hybridized carbons (Fsp3) is 0. The van der Waals surface area contributed by atoms with Crippen molar-refractivity contribution >= 4 is 39.9 Å². The summed E-state index contributed by atoms with van der Waals surface area (Å²) in [6.45, 7) is 0. The number of nitrogens with zero attached hydrogens (tertiary/aromatic N) is 1. The third-order valence-electron chi connectivity index (χ3n) is 3.78. The molecule has 0 aliphatic carbocycles. The van der Waals surface area contributed by atoms with E-state index in [9.17, 15) is 4.79 Å². The topological polar surface area (TPSA) is 67.7 Å². The second-order valence-corrected chi connectivity index (χ2v) is 5.40. The minimum Gasteiger partial charge on any atom is -0.465 e. The smallest absolute Gasteiger partial charge is 0.307 e. The van der Waals surface area contributed by atoms with E-state index in [0.717, 1.165) is 16.2 Å². The van der Waals surface area contributed by atoms with Crippen molar-refractivity contribution in [2.45, 2.75) is 0 Å². The molecule has 1 N–H and O–H groups in total. The summed E-state index contributed by atoms with van der Waals surface area (Å²) in [4.78, 5) is 12.2. The first-order valence-electron chi connectivity index (χ1n) is 7.76. The Hall–Kier alpha value is -3.60. The Morgan fingerprint density at radius 1 is 1.04 bits per heavy atom. The first-order chi connectivity index (χ1) is 12.3. The fourth-order valence-corrected chi connectivity index (χ4v) is 2.62. The van der Waals surface area contributed by atoms with E-state index in [-0.39, 0.29) is 5.76 Å². The summed E-state index contributed by atoms with van der Waals surface area (Å²) in [6.07, 6.45) is 6.47. The van der Waals surface area contributed by atoms with Crippen LogP contribution in [0.3, 0.4) is 0 Å². The number of allylic oxidation sites excluding steroid dienone is 1. The average Bonchev–Trinajstić information content (AvgIpc) is 3.30. The summed E-state index contributed by atoms with van der Waals surface area (Å²) in [6, 6.07) is 17.2. The molecular formula is C20H14N2O3. The number of furan rings is 2. The van der Waals surface area contributed by atoms with Crippen molar-refractivity contribution in [2.75, 3.05) is 0 Å². The molecule has 122 valence electrons. The van der Waals surface area contributed by atoms with Gasteiger partial charge in [0.25, 0.3) is 0 Å². The van der Waals surface area contributed by atoms with Crippen LogP contribution in [-0.2, 0) is 0 Å². The van der Waals surface area contributed by atoms with Crippen LogP contribution in [0.5, 0.6) is 0 Å². The van der Waals surface area contributed by atoms with Crippen molar-refractivity contribution in [2.24, 2.45) is 5.10 Å². The van der Waals surface area contributed by atoms with Gasteiger partial charge in [0.05, 0.1) is 6.26 Å². The average molecular weight is 330 g/mol. The molecule has 1 amide bonds. The number of nitrogens with one attached hydrogen (secondary N) is 1. The fourth-order valence-electron chi connectivity index (χ4n) is 2.62.